The van der Waals surface area contributed by atoms with Gasteiger partial charge < -0.3 is 9.80 Å². The number of hydrogen-bond donors (Lipinski definition) is 0. The monoisotopic (exact) mass is 828 g/mol. The molecule has 0 bridgehead atoms. The fourth-order valence-electron chi connectivity index (χ4n) is 9.85. The van der Waals surface area contributed by atoms with E-state index in [1.54, 1.807) is 0 Å². The molecule has 0 unspecified atom stereocenters. The Morgan fingerprint density at radius 2 is 0.641 bits per heavy atom. The van der Waals surface area contributed by atoms with Gasteiger partial charge in [-0.1, -0.05) is 149 Å². The van der Waals surface area contributed by atoms with Crippen LogP contribution in [0.3, 0.4) is 0 Å². The molecule has 314 valence electrons. The van der Waals surface area contributed by atoms with Crippen molar-refractivity contribution in [1.82, 2.24) is 0 Å². The molecule has 9 aromatic rings. The summed E-state index contributed by atoms with van der Waals surface area (Å²) in [7, 11) is 0. The third-order valence-corrected chi connectivity index (χ3v) is 13.8. The molecule has 2 fully saturated rings. The van der Waals surface area contributed by atoms with Gasteiger partial charge in [0.2, 0.25) is 0 Å². The smallest absolute Gasteiger partial charge is 0.0468 e. The second kappa shape index (κ2) is 16.7. The van der Waals surface area contributed by atoms with E-state index in [9.17, 15) is 0 Å². The Hall–Kier alpha value is -6.90. The van der Waals surface area contributed by atoms with Crippen LogP contribution >= 0.6 is 0 Å². The maximum atomic E-state index is 2.45. The summed E-state index contributed by atoms with van der Waals surface area (Å²) in [5.41, 5.74) is 17.4. The Bertz CT molecular complexity index is 2760. The maximum absolute atomic E-state index is 2.45. The number of hydrogen-bond acceptors (Lipinski definition) is 2. The van der Waals surface area contributed by atoms with Gasteiger partial charge in [0.05, 0.1) is 0 Å². The summed E-state index contributed by atoms with van der Waals surface area (Å²) in [6.45, 7) is 9.07. The van der Waals surface area contributed by atoms with Crippen LogP contribution in [0.1, 0.15) is 99.3 Å². The van der Waals surface area contributed by atoms with Gasteiger partial charge in [-0.2, -0.15) is 0 Å². The van der Waals surface area contributed by atoms with Crippen molar-refractivity contribution in [2.75, 3.05) is 9.80 Å². The van der Waals surface area contributed by atoms with Gasteiger partial charge in [-0.15, -0.1) is 0 Å². The molecule has 64 heavy (non-hydrogen) atoms. The molecular weight excluding hydrogens is 773 g/mol. The Labute approximate surface area is 379 Å². The predicted octanol–water partition coefficient (Wildman–Crippen LogP) is 18.3. The molecule has 0 saturated heterocycles. The molecule has 2 aliphatic rings. The van der Waals surface area contributed by atoms with E-state index in [-0.39, 0.29) is 0 Å². The molecule has 2 nitrogen and oxygen atoms in total. The lowest BCUT2D eigenvalue weighted by molar-refractivity contribution is 0.866. The van der Waals surface area contributed by atoms with Crippen LogP contribution in [-0.4, -0.2) is 0 Å². The fourth-order valence-corrected chi connectivity index (χ4v) is 9.85. The topological polar surface area (TPSA) is 6.48 Å². The van der Waals surface area contributed by atoms with Crippen molar-refractivity contribution in [3.8, 4) is 22.3 Å². The van der Waals surface area contributed by atoms with Crippen molar-refractivity contribution in [2.24, 2.45) is 0 Å². The lowest BCUT2D eigenvalue weighted by Crippen LogP contribution is -2.11. The summed E-state index contributed by atoms with van der Waals surface area (Å²) in [6, 6.07) is 73.5. The van der Waals surface area contributed by atoms with Crippen LogP contribution in [0.2, 0.25) is 0 Å². The van der Waals surface area contributed by atoms with Crippen molar-refractivity contribution < 1.29 is 0 Å². The highest BCUT2D eigenvalue weighted by Gasteiger charge is 2.26. The van der Waals surface area contributed by atoms with Crippen molar-refractivity contribution in [2.45, 2.75) is 77.0 Å². The van der Waals surface area contributed by atoms with E-state index in [1.165, 1.54) is 103 Å². The van der Waals surface area contributed by atoms with E-state index >= 15 is 0 Å². The number of benzene rings is 9. The molecule has 0 atom stereocenters. The molecule has 0 amide bonds. The summed E-state index contributed by atoms with van der Waals surface area (Å²) in [5.74, 6) is 2.34. The van der Waals surface area contributed by atoms with E-state index in [0.717, 1.165) is 22.7 Å². The minimum absolute atomic E-state index is 0.463. The van der Waals surface area contributed by atoms with Crippen molar-refractivity contribution >= 4 is 55.7 Å². The standard InChI is InChI=1S/C62H56N2/c1-41(2)43-19-27-51(28-20-43)63(53-31-23-47(24-32-53)45-15-16-45)55-35-37-57-59(39-55)61(49-11-7-5-8-12-49)58-38-36-56(40-60(58)62(57)50-13-9-6-10-14-50)64(52-29-21-44(22-30-52)42(3)4)54-33-25-48(26-34-54)46-17-18-46/h5-14,19-42,45-46H,15-18H2,1-4H3. The molecule has 0 spiro atoms. The van der Waals surface area contributed by atoms with Gasteiger partial charge in [-0.3, -0.25) is 0 Å². The zero-order valence-electron chi connectivity index (χ0n) is 37.5. The fraction of sp³-hybridized carbons (Fsp3) is 0.194. The Kier molecular flexibility index (Phi) is 10.4. The quantitative estimate of drug-likeness (QED) is 0.113. The summed E-state index contributed by atoms with van der Waals surface area (Å²) in [6.07, 6.45) is 5.18. The maximum Gasteiger partial charge on any atom is 0.0468 e. The summed E-state index contributed by atoms with van der Waals surface area (Å²) < 4.78 is 0. The second-order valence-electron chi connectivity index (χ2n) is 18.8. The molecule has 0 N–H and O–H groups in total. The van der Waals surface area contributed by atoms with E-state index in [2.05, 4.69) is 232 Å². The average Bonchev–Trinajstić information content (AvgIpc) is 4.28. The number of fused-ring (bicyclic) bond motifs is 2. The highest BCUT2D eigenvalue weighted by molar-refractivity contribution is 6.22. The number of nitrogens with zero attached hydrogens (tertiary/aromatic N) is 2. The van der Waals surface area contributed by atoms with Gasteiger partial charge in [0.15, 0.2) is 0 Å². The summed E-state index contributed by atoms with van der Waals surface area (Å²) >= 11 is 0. The molecule has 0 heterocycles. The van der Waals surface area contributed by atoms with E-state index in [4.69, 9.17) is 0 Å². The Balaban J connectivity index is 1.15. The van der Waals surface area contributed by atoms with E-state index < -0.39 is 0 Å². The molecule has 2 saturated carbocycles. The van der Waals surface area contributed by atoms with Crippen molar-refractivity contribution in [1.29, 1.82) is 0 Å². The number of anilines is 6. The zero-order valence-corrected chi connectivity index (χ0v) is 37.5. The van der Waals surface area contributed by atoms with E-state index in [0.29, 0.717) is 23.7 Å². The first-order valence-corrected chi connectivity index (χ1v) is 23.5. The Morgan fingerprint density at radius 3 is 0.953 bits per heavy atom. The lowest BCUT2D eigenvalue weighted by Gasteiger charge is -2.28. The average molecular weight is 829 g/mol. The SMILES string of the molecule is CC(C)c1ccc(N(c2ccc(C3CC3)cc2)c2ccc3c(-c4ccccc4)c4cc(N(c5ccc(C(C)C)cc5)c5ccc(C6CC6)cc5)ccc4c(-c4ccccc4)c3c2)cc1. The van der Waals surface area contributed by atoms with Crippen molar-refractivity contribution in [3.63, 3.8) is 0 Å². The van der Waals surface area contributed by atoms with Crippen LogP contribution in [0.5, 0.6) is 0 Å². The van der Waals surface area contributed by atoms with Crippen LogP contribution in [-0.2, 0) is 0 Å². The molecule has 11 rings (SSSR count). The molecule has 2 aliphatic carbocycles. The van der Waals surface area contributed by atoms with Crippen LogP contribution < -0.4 is 9.80 Å². The molecule has 0 aromatic heterocycles. The van der Waals surface area contributed by atoms with Gasteiger partial charge in [0, 0.05) is 34.1 Å². The Morgan fingerprint density at radius 1 is 0.328 bits per heavy atom. The first kappa shape index (κ1) is 39.9. The first-order valence-electron chi connectivity index (χ1n) is 23.5. The first-order chi connectivity index (χ1) is 31.4. The summed E-state index contributed by atoms with van der Waals surface area (Å²) in [4.78, 5) is 4.89. The van der Waals surface area contributed by atoms with Gasteiger partial charge >= 0.3 is 0 Å². The normalized spacial score (nSPS) is 13.8. The highest BCUT2D eigenvalue weighted by Crippen LogP contribution is 2.49. The lowest BCUT2D eigenvalue weighted by atomic mass is 9.85. The molecule has 2 heteroatoms. The minimum Gasteiger partial charge on any atom is -0.310 e. The zero-order chi connectivity index (χ0) is 43.3. The van der Waals surface area contributed by atoms with Crippen LogP contribution in [0.25, 0.3) is 43.8 Å². The summed E-state index contributed by atoms with van der Waals surface area (Å²) in [5, 5.41) is 4.94. The van der Waals surface area contributed by atoms with E-state index in [1.807, 2.05) is 0 Å². The molecule has 9 aromatic carbocycles. The molecule has 0 aliphatic heterocycles. The van der Waals surface area contributed by atoms with Crippen LogP contribution in [0, 0.1) is 0 Å². The van der Waals surface area contributed by atoms with Crippen molar-refractivity contribution in [3.05, 3.63) is 216 Å². The molecule has 0 radical (unpaired) electrons. The third kappa shape index (κ3) is 7.66. The van der Waals surface area contributed by atoms with Gasteiger partial charge in [-0.25, -0.2) is 0 Å². The van der Waals surface area contributed by atoms with Crippen LogP contribution in [0.15, 0.2) is 194 Å². The van der Waals surface area contributed by atoms with Gasteiger partial charge in [-0.05, 0) is 188 Å². The van der Waals surface area contributed by atoms with Gasteiger partial charge in [0.1, 0.15) is 0 Å². The van der Waals surface area contributed by atoms with Crippen LogP contribution in [0.4, 0.5) is 34.1 Å². The molecular formula is C62H56N2. The number of rotatable bonds is 12. The second-order valence-corrected chi connectivity index (χ2v) is 18.8. The minimum atomic E-state index is 0.463. The third-order valence-electron chi connectivity index (χ3n) is 13.8. The largest absolute Gasteiger partial charge is 0.310 e. The highest BCUT2D eigenvalue weighted by atomic mass is 15.1. The predicted molar refractivity (Wildman–Crippen MR) is 274 cm³/mol. The van der Waals surface area contributed by atoms with Gasteiger partial charge in [0.25, 0.3) is 0 Å².